The Morgan fingerprint density at radius 1 is 1.17 bits per heavy atom. The fraction of sp³-hybridized carbons (Fsp3) is 0.150. The normalized spacial score (nSPS) is 11.7. The topological polar surface area (TPSA) is 116 Å². The van der Waals surface area contributed by atoms with Crippen LogP contribution in [0.2, 0.25) is 5.15 Å². The Kier molecular flexibility index (Phi) is 5.42. The minimum Gasteiger partial charge on any atom is -0.344 e. The van der Waals surface area contributed by atoms with Gasteiger partial charge in [0.1, 0.15) is 0 Å². The molecule has 30 heavy (non-hydrogen) atoms. The standard InChI is InChI=1S/C20H19ClN6O2S/c1-2-10-27-12-16(15-6-8-23-19(21)18(15)27)17-7-9-24-20(26-17)25-13-4-3-5-14(11-13)30(22,28)29/h3-9,11-12H,2,10H2,1H3,(H2,22,28,29)(H,24,25,26). The molecule has 4 rings (SSSR count). The average Bonchev–Trinajstić information content (AvgIpc) is 3.08. The molecule has 0 saturated carbocycles. The van der Waals surface area contributed by atoms with Crippen molar-refractivity contribution in [3.63, 3.8) is 0 Å². The molecule has 0 bridgehead atoms. The van der Waals surface area contributed by atoms with E-state index in [9.17, 15) is 8.42 Å². The van der Waals surface area contributed by atoms with Gasteiger partial charge in [-0.1, -0.05) is 24.6 Å². The lowest BCUT2D eigenvalue weighted by molar-refractivity contribution is 0.598. The maximum absolute atomic E-state index is 11.6. The van der Waals surface area contributed by atoms with Gasteiger partial charge in [0.25, 0.3) is 0 Å². The van der Waals surface area contributed by atoms with Crippen LogP contribution in [0, 0.1) is 0 Å². The molecule has 0 radical (unpaired) electrons. The van der Waals surface area contributed by atoms with Gasteiger partial charge in [-0.15, -0.1) is 0 Å². The molecule has 0 aliphatic carbocycles. The van der Waals surface area contributed by atoms with Gasteiger partial charge in [0.05, 0.1) is 16.1 Å². The fourth-order valence-corrected chi connectivity index (χ4v) is 4.11. The molecule has 0 aliphatic heterocycles. The number of halogens is 1. The first-order valence-electron chi connectivity index (χ1n) is 9.23. The Balaban J connectivity index is 1.74. The van der Waals surface area contributed by atoms with Crippen molar-refractivity contribution in [2.75, 3.05) is 5.32 Å². The van der Waals surface area contributed by atoms with Crippen molar-refractivity contribution >= 4 is 44.2 Å². The summed E-state index contributed by atoms with van der Waals surface area (Å²) in [5.41, 5.74) is 2.99. The molecular weight excluding hydrogens is 424 g/mol. The number of nitrogens with two attached hydrogens (primary N) is 1. The highest BCUT2D eigenvalue weighted by atomic mass is 35.5. The highest BCUT2D eigenvalue weighted by Crippen LogP contribution is 2.33. The SMILES string of the molecule is CCCn1cc(-c2ccnc(Nc3cccc(S(N)(=O)=O)c3)n2)c2ccnc(Cl)c21. The van der Waals surface area contributed by atoms with E-state index in [2.05, 4.69) is 31.8 Å². The number of benzene rings is 1. The van der Waals surface area contributed by atoms with Crippen LogP contribution in [-0.2, 0) is 16.6 Å². The Hall–Kier alpha value is -3.01. The van der Waals surface area contributed by atoms with E-state index >= 15 is 0 Å². The molecule has 0 fully saturated rings. The summed E-state index contributed by atoms with van der Waals surface area (Å²) in [7, 11) is -3.80. The Morgan fingerprint density at radius 2 is 1.97 bits per heavy atom. The third-order valence-corrected chi connectivity index (χ3v) is 5.74. The van der Waals surface area contributed by atoms with Crippen LogP contribution in [0.3, 0.4) is 0 Å². The van der Waals surface area contributed by atoms with E-state index in [0.29, 0.717) is 22.5 Å². The van der Waals surface area contributed by atoms with Crippen LogP contribution in [0.15, 0.2) is 59.9 Å². The van der Waals surface area contributed by atoms with E-state index in [1.165, 1.54) is 12.1 Å². The van der Waals surface area contributed by atoms with Crippen LogP contribution in [-0.4, -0.2) is 27.9 Å². The number of aryl methyl sites for hydroxylation is 1. The average molecular weight is 443 g/mol. The Morgan fingerprint density at radius 3 is 2.73 bits per heavy atom. The van der Waals surface area contributed by atoms with E-state index in [4.69, 9.17) is 16.7 Å². The highest BCUT2D eigenvalue weighted by Gasteiger charge is 2.15. The molecule has 0 saturated heterocycles. The number of fused-ring (bicyclic) bond motifs is 1. The molecule has 4 aromatic rings. The largest absolute Gasteiger partial charge is 0.344 e. The summed E-state index contributed by atoms with van der Waals surface area (Å²) in [5, 5.41) is 9.63. The molecule has 3 heterocycles. The van der Waals surface area contributed by atoms with Gasteiger partial charge in [-0.05, 0) is 36.8 Å². The molecule has 3 aromatic heterocycles. The lowest BCUT2D eigenvalue weighted by Crippen LogP contribution is -2.12. The molecule has 0 atom stereocenters. The van der Waals surface area contributed by atoms with Crippen molar-refractivity contribution < 1.29 is 8.42 Å². The molecule has 0 aliphatic rings. The minimum absolute atomic E-state index is 0.00781. The van der Waals surface area contributed by atoms with Gasteiger partial charge >= 0.3 is 0 Å². The van der Waals surface area contributed by atoms with Crippen molar-refractivity contribution in [3.8, 4) is 11.3 Å². The van der Waals surface area contributed by atoms with Crippen LogP contribution in [0.25, 0.3) is 22.2 Å². The predicted molar refractivity (Wildman–Crippen MR) is 117 cm³/mol. The number of sulfonamides is 1. The predicted octanol–water partition coefficient (Wildman–Crippen LogP) is 3.95. The summed E-state index contributed by atoms with van der Waals surface area (Å²) >= 11 is 6.35. The molecular formula is C20H19ClN6O2S. The summed E-state index contributed by atoms with van der Waals surface area (Å²) in [6.45, 7) is 2.90. The van der Waals surface area contributed by atoms with Crippen molar-refractivity contribution in [2.45, 2.75) is 24.8 Å². The fourth-order valence-electron chi connectivity index (χ4n) is 3.28. The molecule has 8 nitrogen and oxygen atoms in total. The molecule has 10 heteroatoms. The quantitative estimate of drug-likeness (QED) is 0.437. The number of primary sulfonamides is 1. The van der Waals surface area contributed by atoms with E-state index in [0.717, 1.165) is 29.4 Å². The lowest BCUT2D eigenvalue weighted by atomic mass is 10.1. The number of hydrogen-bond donors (Lipinski definition) is 2. The number of nitrogens with one attached hydrogen (secondary N) is 1. The van der Waals surface area contributed by atoms with Crippen LogP contribution in [0.4, 0.5) is 11.6 Å². The van der Waals surface area contributed by atoms with Gasteiger partial charge in [0.2, 0.25) is 16.0 Å². The number of nitrogens with zero attached hydrogens (tertiary/aromatic N) is 4. The molecule has 0 amide bonds. The summed E-state index contributed by atoms with van der Waals surface area (Å²) in [6, 6.07) is 9.89. The molecule has 154 valence electrons. The third-order valence-electron chi connectivity index (χ3n) is 4.56. The first-order chi connectivity index (χ1) is 14.4. The monoisotopic (exact) mass is 442 g/mol. The van der Waals surface area contributed by atoms with E-state index in [-0.39, 0.29) is 4.90 Å². The first kappa shape index (κ1) is 20.3. The minimum atomic E-state index is -3.80. The van der Waals surface area contributed by atoms with E-state index < -0.39 is 10.0 Å². The van der Waals surface area contributed by atoms with Crippen LogP contribution >= 0.6 is 11.6 Å². The van der Waals surface area contributed by atoms with Gasteiger partial charge in [0.15, 0.2) is 5.15 Å². The first-order valence-corrected chi connectivity index (χ1v) is 11.2. The second kappa shape index (κ2) is 8.02. The maximum atomic E-state index is 11.6. The number of rotatable bonds is 6. The zero-order valence-corrected chi connectivity index (χ0v) is 17.7. The zero-order valence-electron chi connectivity index (χ0n) is 16.1. The summed E-state index contributed by atoms with van der Waals surface area (Å²) in [6.07, 6.45) is 6.27. The van der Waals surface area contributed by atoms with Crippen molar-refractivity contribution in [1.29, 1.82) is 0 Å². The van der Waals surface area contributed by atoms with Crippen molar-refractivity contribution in [1.82, 2.24) is 19.5 Å². The molecule has 3 N–H and O–H groups in total. The summed E-state index contributed by atoms with van der Waals surface area (Å²) in [4.78, 5) is 13.1. The number of aromatic nitrogens is 4. The number of hydrogen-bond acceptors (Lipinski definition) is 6. The Bertz CT molecular complexity index is 1340. The molecule has 0 unspecified atom stereocenters. The lowest BCUT2D eigenvalue weighted by Gasteiger charge is -2.07. The molecule has 1 aromatic carbocycles. The smallest absolute Gasteiger partial charge is 0.238 e. The van der Waals surface area contributed by atoms with Gasteiger partial charge in [-0.3, -0.25) is 0 Å². The maximum Gasteiger partial charge on any atom is 0.238 e. The molecule has 0 spiro atoms. The van der Waals surface area contributed by atoms with Crippen LogP contribution < -0.4 is 10.5 Å². The van der Waals surface area contributed by atoms with Crippen molar-refractivity contribution in [2.24, 2.45) is 5.14 Å². The van der Waals surface area contributed by atoms with Crippen LogP contribution in [0.5, 0.6) is 0 Å². The van der Waals surface area contributed by atoms with Gasteiger partial charge in [0, 0.05) is 41.8 Å². The number of pyridine rings is 1. The second-order valence-electron chi connectivity index (χ2n) is 6.70. The summed E-state index contributed by atoms with van der Waals surface area (Å²) in [5.74, 6) is 0.329. The van der Waals surface area contributed by atoms with Crippen molar-refractivity contribution in [3.05, 3.63) is 60.1 Å². The third kappa shape index (κ3) is 4.00. The summed E-state index contributed by atoms with van der Waals surface area (Å²) < 4.78 is 25.2. The van der Waals surface area contributed by atoms with Gasteiger partial charge in [-0.2, -0.15) is 0 Å². The van der Waals surface area contributed by atoms with E-state index in [1.54, 1.807) is 24.5 Å². The van der Waals surface area contributed by atoms with Gasteiger partial charge < -0.3 is 9.88 Å². The highest BCUT2D eigenvalue weighted by molar-refractivity contribution is 7.89. The zero-order chi connectivity index (χ0) is 21.3. The number of anilines is 2. The van der Waals surface area contributed by atoms with E-state index in [1.807, 2.05) is 18.3 Å². The second-order valence-corrected chi connectivity index (χ2v) is 8.62. The van der Waals surface area contributed by atoms with Crippen LogP contribution in [0.1, 0.15) is 13.3 Å². The van der Waals surface area contributed by atoms with Gasteiger partial charge in [-0.25, -0.2) is 28.5 Å². The Labute approximate surface area is 178 Å².